The van der Waals surface area contributed by atoms with Gasteiger partial charge in [0.25, 0.3) is 0 Å². The highest BCUT2D eigenvalue weighted by Gasteiger charge is 2.05. The quantitative estimate of drug-likeness (QED) is 0.707. The average molecular weight is 266 g/mol. The van der Waals surface area contributed by atoms with E-state index in [9.17, 15) is 9.59 Å². The van der Waals surface area contributed by atoms with Crippen molar-refractivity contribution in [2.45, 2.75) is 20.3 Å². The molecule has 1 aromatic carbocycles. The Morgan fingerprint density at radius 1 is 1.32 bits per heavy atom. The number of hydrogen-bond donors (Lipinski definition) is 2. The first-order chi connectivity index (χ1) is 9.00. The van der Waals surface area contributed by atoms with Crippen LogP contribution in [0.15, 0.2) is 18.2 Å². The van der Waals surface area contributed by atoms with E-state index in [-0.39, 0.29) is 25.5 Å². The number of carbonyl (C=O) groups excluding carboxylic acids is 2. The number of aryl methyl sites for hydroxylation is 1. The van der Waals surface area contributed by atoms with Crippen LogP contribution >= 0.6 is 0 Å². The Kier molecular flexibility index (Phi) is 5.81. The number of amides is 2. The van der Waals surface area contributed by atoms with Gasteiger partial charge >= 0.3 is 0 Å². The molecule has 0 heterocycles. The predicted octanol–water partition coefficient (Wildman–Crippen LogP) is 0.605. The Bertz CT molecular complexity index is 460. The van der Waals surface area contributed by atoms with Crippen molar-refractivity contribution >= 4 is 11.8 Å². The second-order valence-corrected chi connectivity index (χ2v) is 4.08. The van der Waals surface area contributed by atoms with E-state index in [0.29, 0.717) is 0 Å². The standard InChI is InChI=1S/C13H18N2O4/c1-9-4-3-5-11(10(9)2)18-7-6-13(17)15-19-8-12(14)16/h3-5H,6-8H2,1-2H3,(H2,14,16)(H,15,17). The van der Waals surface area contributed by atoms with Crippen LogP contribution in [-0.4, -0.2) is 25.0 Å². The third-order valence-electron chi connectivity index (χ3n) is 2.54. The molecule has 0 saturated heterocycles. The summed E-state index contributed by atoms with van der Waals surface area (Å²) in [4.78, 5) is 26.2. The van der Waals surface area contributed by atoms with Gasteiger partial charge in [-0.15, -0.1) is 0 Å². The number of carbonyl (C=O) groups is 2. The molecule has 0 fully saturated rings. The van der Waals surface area contributed by atoms with Gasteiger partial charge in [-0.05, 0) is 31.0 Å². The number of benzene rings is 1. The summed E-state index contributed by atoms with van der Waals surface area (Å²) < 4.78 is 5.51. The Balaban J connectivity index is 2.28. The van der Waals surface area contributed by atoms with Gasteiger partial charge in [-0.3, -0.25) is 14.4 Å². The van der Waals surface area contributed by atoms with E-state index in [1.165, 1.54) is 0 Å². The fourth-order valence-corrected chi connectivity index (χ4v) is 1.37. The fourth-order valence-electron chi connectivity index (χ4n) is 1.37. The van der Waals surface area contributed by atoms with E-state index < -0.39 is 5.91 Å². The summed E-state index contributed by atoms with van der Waals surface area (Å²) >= 11 is 0. The number of primary amides is 1. The first kappa shape index (κ1) is 15.0. The van der Waals surface area contributed by atoms with Crippen molar-refractivity contribution in [1.82, 2.24) is 5.48 Å². The van der Waals surface area contributed by atoms with Crippen LogP contribution in [-0.2, 0) is 14.4 Å². The minimum atomic E-state index is -0.646. The topological polar surface area (TPSA) is 90.7 Å². The number of rotatable bonds is 7. The molecule has 0 aliphatic rings. The lowest BCUT2D eigenvalue weighted by molar-refractivity contribution is -0.138. The molecule has 0 bridgehead atoms. The number of nitrogens with two attached hydrogens (primary N) is 1. The van der Waals surface area contributed by atoms with Gasteiger partial charge in [0.1, 0.15) is 5.75 Å². The van der Waals surface area contributed by atoms with Crippen LogP contribution in [0.5, 0.6) is 5.75 Å². The highest BCUT2D eigenvalue weighted by molar-refractivity contribution is 5.77. The summed E-state index contributed by atoms with van der Waals surface area (Å²) in [5.41, 5.74) is 9.13. The molecule has 1 aromatic rings. The third-order valence-corrected chi connectivity index (χ3v) is 2.54. The maximum Gasteiger partial charge on any atom is 0.246 e. The summed E-state index contributed by atoms with van der Waals surface area (Å²) in [5.74, 6) is -0.260. The summed E-state index contributed by atoms with van der Waals surface area (Å²) in [6.07, 6.45) is 0.131. The summed E-state index contributed by atoms with van der Waals surface area (Å²) in [6, 6.07) is 5.74. The smallest absolute Gasteiger partial charge is 0.246 e. The van der Waals surface area contributed by atoms with Crippen LogP contribution < -0.4 is 16.0 Å². The van der Waals surface area contributed by atoms with Gasteiger partial charge in [0.2, 0.25) is 11.8 Å². The highest BCUT2D eigenvalue weighted by atomic mass is 16.7. The van der Waals surface area contributed by atoms with Gasteiger partial charge in [-0.25, -0.2) is 5.48 Å². The van der Waals surface area contributed by atoms with E-state index in [2.05, 4.69) is 10.3 Å². The Labute approximate surface area is 111 Å². The number of hydroxylamine groups is 1. The van der Waals surface area contributed by atoms with Crippen LogP contribution in [0.1, 0.15) is 17.5 Å². The monoisotopic (exact) mass is 266 g/mol. The van der Waals surface area contributed by atoms with Crippen molar-refractivity contribution in [3.63, 3.8) is 0 Å². The van der Waals surface area contributed by atoms with E-state index in [4.69, 9.17) is 10.5 Å². The number of hydrogen-bond acceptors (Lipinski definition) is 4. The van der Waals surface area contributed by atoms with E-state index in [1.807, 2.05) is 32.0 Å². The zero-order chi connectivity index (χ0) is 14.3. The minimum Gasteiger partial charge on any atom is -0.493 e. The first-order valence-corrected chi connectivity index (χ1v) is 5.88. The third kappa shape index (κ3) is 5.39. The van der Waals surface area contributed by atoms with Gasteiger partial charge in [-0.1, -0.05) is 12.1 Å². The van der Waals surface area contributed by atoms with Gasteiger partial charge < -0.3 is 10.5 Å². The molecule has 0 spiro atoms. The molecule has 0 aromatic heterocycles. The van der Waals surface area contributed by atoms with Gasteiger partial charge in [0.05, 0.1) is 13.0 Å². The molecule has 0 unspecified atom stereocenters. The van der Waals surface area contributed by atoms with Gasteiger partial charge in [-0.2, -0.15) is 0 Å². The van der Waals surface area contributed by atoms with Crippen molar-refractivity contribution in [2.75, 3.05) is 13.2 Å². The lowest BCUT2D eigenvalue weighted by atomic mass is 10.1. The van der Waals surface area contributed by atoms with E-state index in [0.717, 1.165) is 16.9 Å². The number of ether oxygens (including phenoxy) is 1. The molecule has 0 aliphatic heterocycles. The van der Waals surface area contributed by atoms with Crippen molar-refractivity contribution in [3.8, 4) is 5.75 Å². The molecule has 0 saturated carbocycles. The predicted molar refractivity (Wildman–Crippen MR) is 69.3 cm³/mol. The maximum absolute atomic E-state index is 11.3. The maximum atomic E-state index is 11.3. The zero-order valence-electron chi connectivity index (χ0n) is 11.1. The average Bonchev–Trinajstić information content (AvgIpc) is 2.34. The van der Waals surface area contributed by atoms with Gasteiger partial charge in [0.15, 0.2) is 6.61 Å². The molecule has 6 heteroatoms. The molecule has 19 heavy (non-hydrogen) atoms. The lowest BCUT2D eigenvalue weighted by Crippen LogP contribution is -2.30. The van der Waals surface area contributed by atoms with Crippen LogP contribution in [0.25, 0.3) is 0 Å². The molecular formula is C13H18N2O4. The summed E-state index contributed by atoms with van der Waals surface area (Å²) in [6.45, 7) is 3.84. The molecule has 0 aliphatic carbocycles. The second kappa shape index (κ2) is 7.38. The van der Waals surface area contributed by atoms with Crippen molar-refractivity contribution in [2.24, 2.45) is 5.73 Å². The highest BCUT2D eigenvalue weighted by Crippen LogP contribution is 2.20. The molecular weight excluding hydrogens is 248 g/mol. The molecule has 1 rings (SSSR count). The molecule has 0 radical (unpaired) electrons. The zero-order valence-corrected chi connectivity index (χ0v) is 11.1. The normalized spacial score (nSPS) is 10.0. The van der Waals surface area contributed by atoms with Crippen LogP contribution in [0.3, 0.4) is 0 Å². The van der Waals surface area contributed by atoms with E-state index in [1.54, 1.807) is 0 Å². The Morgan fingerprint density at radius 3 is 2.74 bits per heavy atom. The van der Waals surface area contributed by atoms with Crippen LogP contribution in [0, 0.1) is 13.8 Å². The Morgan fingerprint density at radius 2 is 2.05 bits per heavy atom. The summed E-state index contributed by atoms with van der Waals surface area (Å²) in [5, 5.41) is 0. The lowest BCUT2D eigenvalue weighted by Gasteiger charge is -2.10. The SMILES string of the molecule is Cc1cccc(OCCC(=O)NOCC(N)=O)c1C. The van der Waals surface area contributed by atoms with Crippen molar-refractivity contribution in [3.05, 3.63) is 29.3 Å². The number of nitrogens with one attached hydrogen (secondary N) is 1. The molecule has 0 atom stereocenters. The fraction of sp³-hybridized carbons (Fsp3) is 0.385. The second-order valence-electron chi connectivity index (χ2n) is 4.08. The van der Waals surface area contributed by atoms with Crippen LogP contribution in [0.4, 0.5) is 0 Å². The molecule has 6 nitrogen and oxygen atoms in total. The van der Waals surface area contributed by atoms with Crippen LogP contribution in [0.2, 0.25) is 0 Å². The molecule has 2 amide bonds. The largest absolute Gasteiger partial charge is 0.493 e. The van der Waals surface area contributed by atoms with Gasteiger partial charge in [0, 0.05) is 0 Å². The van der Waals surface area contributed by atoms with E-state index >= 15 is 0 Å². The molecule has 104 valence electrons. The molecule has 3 N–H and O–H groups in total. The minimum absolute atomic E-state index is 0.131. The Hall–Kier alpha value is -2.08. The summed E-state index contributed by atoms with van der Waals surface area (Å²) in [7, 11) is 0. The van der Waals surface area contributed by atoms with Crippen molar-refractivity contribution in [1.29, 1.82) is 0 Å². The van der Waals surface area contributed by atoms with Crippen molar-refractivity contribution < 1.29 is 19.2 Å². The first-order valence-electron chi connectivity index (χ1n) is 5.88.